The maximum absolute atomic E-state index is 13.0. The van der Waals surface area contributed by atoms with E-state index in [1.807, 2.05) is 43.3 Å². The van der Waals surface area contributed by atoms with Crippen molar-refractivity contribution in [1.82, 2.24) is 10.2 Å². The maximum atomic E-state index is 13.0. The Morgan fingerprint density at radius 1 is 1.00 bits per heavy atom. The molecule has 0 bridgehead atoms. The highest BCUT2D eigenvalue weighted by molar-refractivity contribution is 6.05. The molecule has 0 spiro atoms. The van der Waals surface area contributed by atoms with Crippen LogP contribution in [-0.4, -0.2) is 55.1 Å². The molecule has 2 amide bonds. The lowest BCUT2D eigenvalue weighted by Gasteiger charge is -2.29. The number of nitrogens with zero attached hydrogens (tertiary/aromatic N) is 1. The van der Waals surface area contributed by atoms with Gasteiger partial charge in [0.1, 0.15) is 0 Å². The third-order valence-corrected chi connectivity index (χ3v) is 6.57. The zero-order chi connectivity index (χ0) is 23.2. The molecule has 1 saturated heterocycles. The van der Waals surface area contributed by atoms with Crippen molar-refractivity contribution in [2.75, 3.05) is 31.6 Å². The molecule has 2 aromatic carbocycles. The Kier molecular flexibility index (Phi) is 7.75. The van der Waals surface area contributed by atoms with Gasteiger partial charge in [0.2, 0.25) is 0 Å². The largest absolute Gasteiger partial charge is 0.379 e. The van der Waals surface area contributed by atoms with E-state index in [9.17, 15) is 9.59 Å². The number of hydrogen-bond donors (Lipinski definition) is 3. The highest BCUT2D eigenvalue weighted by Crippen LogP contribution is 2.23. The van der Waals surface area contributed by atoms with Crippen molar-refractivity contribution in [1.29, 1.82) is 0 Å². The van der Waals surface area contributed by atoms with E-state index in [4.69, 9.17) is 10.5 Å². The molecule has 2 aromatic rings. The van der Waals surface area contributed by atoms with E-state index in [0.717, 1.165) is 49.9 Å². The summed E-state index contributed by atoms with van der Waals surface area (Å²) in [5, 5.41) is 6.14. The number of morpholine rings is 1. The highest BCUT2D eigenvalue weighted by Gasteiger charge is 2.24. The molecule has 176 valence electrons. The average molecular weight is 451 g/mol. The van der Waals surface area contributed by atoms with Crippen LogP contribution in [0, 0.1) is 6.92 Å². The quantitative estimate of drug-likeness (QED) is 0.629. The first-order valence-electron chi connectivity index (χ1n) is 11.9. The first kappa shape index (κ1) is 23.4. The fourth-order valence-corrected chi connectivity index (χ4v) is 4.46. The van der Waals surface area contributed by atoms with E-state index in [1.54, 1.807) is 6.07 Å². The number of aryl methyl sites for hydroxylation is 1. The third kappa shape index (κ3) is 6.19. The fourth-order valence-electron chi connectivity index (χ4n) is 4.46. The van der Waals surface area contributed by atoms with Gasteiger partial charge in [-0.05, 0) is 49.6 Å². The molecule has 0 radical (unpaired) electrons. The smallest absolute Gasteiger partial charge is 0.255 e. The number of hydrogen-bond acceptors (Lipinski definition) is 5. The van der Waals surface area contributed by atoms with Gasteiger partial charge in [-0.1, -0.05) is 36.6 Å². The Morgan fingerprint density at radius 2 is 1.70 bits per heavy atom. The molecule has 1 saturated carbocycles. The number of carbonyl (C=O) groups is 2. The fraction of sp³-hybridized carbons (Fsp3) is 0.462. The highest BCUT2D eigenvalue weighted by atomic mass is 16.5. The number of nitrogens with two attached hydrogens (primary N) is 1. The van der Waals surface area contributed by atoms with E-state index in [1.165, 1.54) is 0 Å². The Hall–Kier alpha value is -2.74. The molecule has 7 heteroatoms. The number of nitrogens with one attached hydrogen (secondary N) is 2. The van der Waals surface area contributed by atoms with Crippen LogP contribution in [0.3, 0.4) is 0 Å². The summed E-state index contributed by atoms with van der Waals surface area (Å²) in [5.74, 6) is -0.341. The second-order valence-corrected chi connectivity index (χ2v) is 9.11. The normalized spacial score (nSPS) is 21.4. The van der Waals surface area contributed by atoms with Gasteiger partial charge >= 0.3 is 0 Å². The van der Waals surface area contributed by atoms with Crippen LogP contribution in [0.1, 0.15) is 57.5 Å². The van der Waals surface area contributed by atoms with E-state index in [0.29, 0.717) is 36.6 Å². The van der Waals surface area contributed by atoms with Crippen molar-refractivity contribution in [2.45, 2.75) is 51.2 Å². The van der Waals surface area contributed by atoms with E-state index in [-0.39, 0.29) is 23.9 Å². The molecule has 4 rings (SSSR count). The van der Waals surface area contributed by atoms with Gasteiger partial charge in [0.25, 0.3) is 11.8 Å². The number of rotatable bonds is 6. The summed E-state index contributed by atoms with van der Waals surface area (Å²) < 4.78 is 5.46. The van der Waals surface area contributed by atoms with Gasteiger partial charge in [-0.25, -0.2) is 0 Å². The van der Waals surface area contributed by atoms with Crippen LogP contribution in [0.15, 0.2) is 42.5 Å². The number of anilines is 1. The maximum Gasteiger partial charge on any atom is 0.255 e. The Labute approximate surface area is 195 Å². The number of amides is 2. The summed E-state index contributed by atoms with van der Waals surface area (Å²) in [4.78, 5) is 28.2. The van der Waals surface area contributed by atoms with Crippen LogP contribution >= 0.6 is 0 Å². The molecular weight excluding hydrogens is 416 g/mol. The van der Waals surface area contributed by atoms with Crippen molar-refractivity contribution in [3.05, 3.63) is 64.7 Å². The Morgan fingerprint density at radius 3 is 2.42 bits per heavy atom. The molecule has 1 aliphatic carbocycles. The Bertz CT molecular complexity index is 970. The molecule has 2 aliphatic rings. The van der Waals surface area contributed by atoms with Crippen LogP contribution < -0.4 is 16.4 Å². The zero-order valence-electron chi connectivity index (χ0n) is 19.3. The summed E-state index contributed by atoms with van der Waals surface area (Å²) in [6.07, 6.45) is 4.02. The Balaban J connectivity index is 1.54. The molecule has 2 atom stereocenters. The van der Waals surface area contributed by atoms with Crippen molar-refractivity contribution in [3.63, 3.8) is 0 Å². The van der Waals surface area contributed by atoms with Crippen molar-refractivity contribution < 1.29 is 14.3 Å². The molecular formula is C26H34N4O3. The van der Waals surface area contributed by atoms with Crippen molar-refractivity contribution in [2.24, 2.45) is 5.73 Å². The molecule has 0 aromatic heterocycles. The summed E-state index contributed by atoms with van der Waals surface area (Å²) in [7, 11) is 0. The minimum Gasteiger partial charge on any atom is -0.379 e. The molecule has 1 aliphatic heterocycles. The van der Waals surface area contributed by atoms with Gasteiger partial charge in [-0.15, -0.1) is 0 Å². The van der Waals surface area contributed by atoms with Gasteiger partial charge in [0, 0.05) is 48.5 Å². The first-order valence-corrected chi connectivity index (χ1v) is 11.9. The lowest BCUT2D eigenvalue weighted by atomic mass is 9.91. The van der Waals surface area contributed by atoms with Gasteiger partial charge in [-0.3, -0.25) is 14.5 Å². The SMILES string of the molecule is Cc1ccc(C(=O)Nc2cc(C(=O)NC3CCCCC3N)ccc2CN2CCOCC2)cc1. The van der Waals surface area contributed by atoms with Crippen LogP contribution in [0.2, 0.25) is 0 Å². The number of benzene rings is 2. The molecule has 33 heavy (non-hydrogen) atoms. The van der Waals surface area contributed by atoms with E-state index in [2.05, 4.69) is 15.5 Å². The van der Waals surface area contributed by atoms with Crippen LogP contribution in [0.25, 0.3) is 0 Å². The summed E-state index contributed by atoms with van der Waals surface area (Å²) >= 11 is 0. The van der Waals surface area contributed by atoms with Crippen molar-refractivity contribution in [3.8, 4) is 0 Å². The number of carbonyl (C=O) groups excluding carboxylic acids is 2. The van der Waals surface area contributed by atoms with Crippen LogP contribution in [0.5, 0.6) is 0 Å². The number of ether oxygens (including phenoxy) is 1. The molecule has 1 heterocycles. The second kappa shape index (κ2) is 10.9. The van der Waals surface area contributed by atoms with Crippen LogP contribution in [0.4, 0.5) is 5.69 Å². The van der Waals surface area contributed by atoms with Crippen molar-refractivity contribution >= 4 is 17.5 Å². The molecule has 2 unspecified atom stereocenters. The summed E-state index contributed by atoms with van der Waals surface area (Å²) in [5.41, 5.74) is 10.1. The van der Waals surface area contributed by atoms with E-state index >= 15 is 0 Å². The topological polar surface area (TPSA) is 96.7 Å². The average Bonchev–Trinajstić information content (AvgIpc) is 2.82. The first-order chi connectivity index (χ1) is 16.0. The van der Waals surface area contributed by atoms with Gasteiger partial charge in [0.05, 0.1) is 13.2 Å². The third-order valence-electron chi connectivity index (χ3n) is 6.57. The molecule has 2 fully saturated rings. The second-order valence-electron chi connectivity index (χ2n) is 9.11. The van der Waals surface area contributed by atoms with Gasteiger partial charge < -0.3 is 21.1 Å². The summed E-state index contributed by atoms with van der Waals surface area (Å²) in [6.45, 7) is 5.76. The standard InChI is InChI=1S/C26H34N4O3/c1-18-6-8-19(9-7-18)25(31)29-24-16-20(26(32)28-23-5-3-2-4-22(23)27)10-11-21(24)17-30-12-14-33-15-13-30/h6-11,16,22-23H,2-5,12-15,17,27H2,1H3,(H,28,32)(H,29,31). The predicted octanol–water partition coefficient (Wildman–Crippen LogP) is 3.08. The van der Waals surface area contributed by atoms with Gasteiger partial charge in [-0.2, -0.15) is 0 Å². The van der Waals surface area contributed by atoms with Crippen LogP contribution in [-0.2, 0) is 11.3 Å². The molecule has 7 nitrogen and oxygen atoms in total. The predicted molar refractivity (Wildman–Crippen MR) is 129 cm³/mol. The molecule has 4 N–H and O–H groups in total. The summed E-state index contributed by atoms with van der Waals surface area (Å²) in [6, 6.07) is 13.0. The minimum atomic E-state index is -0.190. The van der Waals surface area contributed by atoms with Gasteiger partial charge in [0.15, 0.2) is 0 Å². The minimum absolute atomic E-state index is 0.00937. The van der Waals surface area contributed by atoms with E-state index < -0.39 is 0 Å². The lowest BCUT2D eigenvalue weighted by molar-refractivity contribution is 0.0342. The monoisotopic (exact) mass is 450 g/mol. The zero-order valence-corrected chi connectivity index (χ0v) is 19.3. The lowest BCUT2D eigenvalue weighted by Crippen LogP contribution is -2.49.